The number of nitrogens with zero attached hydrogens (tertiary/aromatic N) is 2. The van der Waals surface area contributed by atoms with E-state index in [1.54, 1.807) is 18.0 Å². The molecule has 1 aromatic carbocycles. The summed E-state index contributed by atoms with van der Waals surface area (Å²) in [5, 5.41) is 0.735. The molecule has 4 heteroatoms. The van der Waals surface area contributed by atoms with Crippen LogP contribution in [0.1, 0.15) is 5.69 Å². The Morgan fingerprint density at radius 2 is 1.86 bits per heavy atom. The zero-order valence-electron chi connectivity index (χ0n) is 12.4. The molecule has 110 valence electrons. The minimum atomic E-state index is 0.735. The second-order valence-electron chi connectivity index (χ2n) is 4.97. The van der Waals surface area contributed by atoms with Crippen molar-refractivity contribution in [1.82, 2.24) is 9.97 Å². The monoisotopic (exact) mass is 326 g/mol. The van der Waals surface area contributed by atoms with E-state index in [1.165, 1.54) is 0 Å². The van der Waals surface area contributed by atoms with Crippen molar-refractivity contribution in [2.45, 2.75) is 11.8 Å². The van der Waals surface area contributed by atoms with E-state index in [0.29, 0.717) is 0 Å². The van der Waals surface area contributed by atoms with Gasteiger partial charge in [0, 0.05) is 39.1 Å². The van der Waals surface area contributed by atoms with Gasteiger partial charge in [-0.3, -0.25) is 9.97 Å². The van der Waals surface area contributed by atoms with Crippen molar-refractivity contribution in [3.8, 4) is 22.4 Å². The number of thioether (sulfide) groups is 1. The molecule has 0 spiro atoms. The maximum absolute atomic E-state index is 6.25. The Kier molecular flexibility index (Phi) is 4.46. The van der Waals surface area contributed by atoms with Crippen LogP contribution in [0, 0.1) is 6.92 Å². The van der Waals surface area contributed by atoms with Crippen molar-refractivity contribution in [2.75, 3.05) is 6.26 Å². The summed E-state index contributed by atoms with van der Waals surface area (Å²) < 4.78 is 0. The number of aryl methyl sites for hydroxylation is 1. The Morgan fingerprint density at radius 3 is 2.59 bits per heavy atom. The van der Waals surface area contributed by atoms with Crippen LogP contribution in [0.5, 0.6) is 0 Å². The average molecular weight is 327 g/mol. The quantitative estimate of drug-likeness (QED) is 0.595. The highest BCUT2D eigenvalue weighted by Crippen LogP contribution is 2.33. The molecule has 3 rings (SSSR count). The summed E-state index contributed by atoms with van der Waals surface area (Å²) in [5.74, 6) is 0. The van der Waals surface area contributed by atoms with Crippen LogP contribution in [-0.4, -0.2) is 16.2 Å². The van der Waals surface area contributed by atoms with Crippen molar-refractivity contribution >= 4 is 23.4 Å². The molecule has 0 aliphatic carbocycles. The summed E-state index contributed by atoms with van der Waals surface area (Å²) in [6, 6.07) is 14.1. The maximum Gasteiger partial charge on any atom is 0.0795 e. The molecule has 3 aromatic rings. The van der Waals surface area contributed by atoms with Crippen LogP contribution in [-0.2, 0) is 0 Å². The molecule has 2 heterocycles. The number of halogens is 1. The van der Waals surface area contributed by atoms with Crippen LogP contribution in [0.25, 0.3) is 22.4 Å². The summed E-state index contributed by atoms with van der Waals surface area (Å²) in [6.07, 6.45) is 5.71. The number of rotatable bonds is 3. The van der Waals surface area contributed by atoms with Gasteiger partial charge >= 0.3 is 0 Å². The zero-order valence-corrected chi connectivity index (χ0v) is 13.9. The molecule has 0 bridgehead atoms. The summed E-state index contributed by atoms with van der Waals surface area (Å²) in [6.45, 7) is 1.98. The third-order valence-electron chi connectivity index (χ3n) is 3.41. The highest BCUT2D eigenvalue weighted by atomic mass is 35.5. The van der Waals surface area contributed by atoms with Gasteiger partial charge in [0.15, 0.2) is 0 Å². The first-order valence-corrected chi connectivity index (χ1v) is 8.50. The number of pyridine rings is 2. The Balaban J connectivity index is 2.16. The number of hydrogen-bond donors (Lipinski definition) is 0. The van der Waals surface area contributed by atoms with Crippen LogP contribution in [0.3, 0.4) is 0 Å². The number of aromatic nitrogens is 2. The smallest absolute Gasteiger partial charge is 0.0795 e. The first-order chi connectivity index (χ1) is 10.7. The van der Waals surface area contributed by atoms with Gasteiger partial charge in [-0.25, -0.2) is 0 Å². The highest BCUT2D eigenvalue weighted by Gasteiger charge is 2.10. The van der Waals surface area contributed by atoms with Gasteiger partial charge in [-0.2, -0.15) is 0 Å². The molecule has 0 fully saturated rings. The van der Waals surface area contributed by atoms with Gasteiger partial charge in [0.25, 0.3) is 0 Å². The van der Waals surface area contributed by atoms with Gasteiger partial charge < -0.3 is 0 Å². The standard InChI is InChI=1S/C18H15ClN2S/c1-12-5-6-13(11-21-12)18-17(4-3-7-20-18)14-8-15(19)10-16(9-14)22-2/h3-11H,1-2H3. The molecule has 0 unspecified atom stereocenters. The normalized spacial score (nSPS) is 10.7. The second kappa shape index (κ2) is 6.51. The van der Waals surface area contributed by atoms with E-state index in [-0.39, 0.29) is 0 Å². The molecule has 0 radical (unpaired) electrons. The lowest BCUT2D eigenvalue weighted by Crippen LogP contribution is -1.91. The second-order valence-corrected chi connectivity index (χ2v) is 6.28. The average Bonchev–Trinajstić information content (AvgIpc) is 2.55. The third-order valence-corrected chi connectivity index (χ3v) is 4.34. The van der Waals surface area contributed by atoms with Crippen molar-refractivity contribution in [3.05, 3.63) is 65.6 Å². The van der Waals surface area contributed by atoms with E-state index < -0.39 is 0 Å². The number of benzene rings is 1. The highest BCUT2D eigenvalue weighted by molar-refractivity contribution is 7.98. The minimum Gasteiger partial charge on any atom is -0.261 e. The van der Waals surface area contributed by atoms with Crippen molar-refractivity contribution in [1.29, 1.82) is 0 Å². The molecule has 0 aliphatic rings. The van der Waals surface area contributed by atoms with E-state index in [1.807, 2.05) is 49.7 Å². The summed E-state index contributed by atoms with van der Waals surface area (Å²) in [5.41, 5.74) is 5.05. The topological polar surface area (TPSA) is 25.8 Å². The van der Waals surface area contributed by atoms with Gasteiger partial charge in [-0.15, -0.1) is 11.8 Å². The molecule has 0 saturated heterocycles. The predicted octanol–water partition coefficient (Wildman–Crippen LogP) is 5.49. The summed E-state index contributed by atoms with van der Waals surface area (Å²) in [4.78, 5) is 10.1. The molecule has 0 saturated carbocycles. The van der Waals surface area contributed by atoms with E-state index in [2.05, 4.69) is 22.1 Å². The predicted molar refractivity (Wildman–Crippen MR) is 94.4 cm³/mol. The van der Waals surface area contributed by atoms with E-state index in [0.717, 1.165) is 38.0 Å². The zero-order chi connectivity index (χ0) is 15.5. The van der Waals surface area contributed by atoms with Gasteiger partial charge in [-0.1, -0.05) is 17.7 Å². The van der Waals surface area contributed by atoms with Crippen molar-refractivity contribution in [3.63, 3.8) is 0 Å². The Morgan fingerprint density at radius 1 is 1.00 bits per heavy atom. The Hall–Kier alpha value is -1.84. The molecule has 0 amide bonds. The minimum absolute atomic E-state index is 0.735. The Bertz CT molecular complexity index is 800. The van der Waals surface area contributed by atoms with Crippen molar-refractivity contribution in [2.24, 2.45) is 0 Å². The Labute approximate surface area is 139 Å². The van der Waals surface area contributed by atoms with Gasteiger partial charge in [0.1, 0.15) is 0 Å². The SMILES string of the molecule is CSc1cc(Cl)cc(-c2cccnc2-c2ccc(C)nc2)c1. The number of hydrogen-bond acceptors (Lipinski definition) is 3. The lowest BCUT2D eigenvalue weighted by Gasteiger charge is -2.10. The van der Waals surface area contributed by atoms with Crippen molar-refractivity contribution < 1.29 is 0 Å². The van der Waals surface area contributed by atoms with Gasteiger partial charge in [0.2, 0.25) is 0 Å². The van der Waals surface area contributed by atoms with Crippen LogP contribution in [0.2, 0.25) is 5.02 Å². The molecule has 0 aliphatic heterocycles. The molecule has 2 aromatic heterocycles. The fraction of sp³-hybridized carbons (Fsp3) is 0.111. The van der Waals surface area contributed by atoms with Gasteiger partial charge in [-0.05, 0) is 55.1 Å². The molecule has 2 nitrogen and oxygen atoms in total. The maximum atomic E-state index is 6.25. The molecule has 0 atom stereocenters. The van der Waals surface area contributed by atoms with Crippen LogP contribution in [0.15, 0.2) is 59.8 Å². The lowest BCUT2D eigenvalue weighted by molar-refractivity contribution is 1.19. The van der Waals surface area contributed by atoms with E-state index in [9.17, 15) is 0 Å². The molecular weight excluding hydrogens is 312 g/mol. The van der Waals surface area contributed by atoms with Gasteiger partial charge in [0.05, 0.1) is 5.69 Å². The summed E-state index contributed by atoms with van der Waals surface area (Å²) >= 11 is 7.93. The van der Waals surface area contributed by atoms with Crippen LogP contribution >= 0.6 is 23.4 Å². The van der Waals surface area contributed by atoms with Crippen LogP contribution in [0.4, 0.5) is 0 Å². The fourth-order valence-corrected chi connectivity index (χ4v) is 3.10. The third kappa shape index (κ3) is 3.16. The van der Waals surface area contributed by atoms with Crippen LogP contribution < -0.4 is 0 Å². The lowest BCUT2D eigenvalue weighted by atomic mass is 10.0. The molecule has 22 heavy (non-hydrogen) atoms. The van der Waals surface area contributed by atoms with E-state index in [4.69, 9.17) is 11.6 Å². The molecule has 0 N–H and O–H groups in total. The first-order valence-electron chi connectivity index (χ1n) is 6.90. The van der Waals surface area contributed by atoms with E-state index >= 15 is 0 Å². The fourth-order valence-electron chi connectivity index (χ4n) is 2.31. The largest absolute Gasteiger partial charge is 0.261 e. The summed E-state index contributed by atoms with van der Waals surface area (Å²) in [7, 11) is 0. The first kappa shape index (κ1) is 15.1. The molecular formula is C18H15ClN2S.